The molecule has 0 saturated carbocycles. The van der Waals surface area contributed by atoms with Crippen LogP contribution in [0.3, 0.4) is 0 Å². The molecule has 0 unspecified atom stereocenters. The molecule has 0 atom stereocenters. The van der Waals surface area contributed by atoms with Gasteiger partial charge in [0.05, 0.1) is 0 Å². The maximum atomic E-state index is 13.0. The number of H-pyrrole nitrogens is 1. The molecule has 3 rings (SSSR count). The number of aromatic nitrogens is 3. The van der Waals surface area contributed by atoms with E-state index in [0.717, 1.165) is 0 Å². The first-order chi connectivity index (χ1) is 10.6. The van der Waals surface area contributed by atoms with Crippen LogP contribution in [0.1, 0.15) is 16.4 Å². The summed E-state index contributed by atoms with van der Waals surface area (Å²) in [5.41, 5.74) is 6.75. The van der Waals surface area contributed by atoms with Crippen LogP contribution in [0.15, 0.2) is 65.8 Å². The quantitative estimate of drug-likeness (QED) is 0.766. The fourth-order valence-corrected chi connectivity index (χ4v) is 3.95. The third-order valence-corrected chi connectivity index (χ3v) is 5.15. The van der Waals surface area contributed by atoms with Gasteiger partial charge in [0.25, 0.3) is 0 Å². The van der Waals surface area contributed by atoms with Gasteiger partial charge < -0.3 is 5.73 Å². The normalized spacial score (nSPS) is 11.7. The van der Waals surface area contributed by atoms with E-state index in [9.17, 15) is 8.42 Å². The summed E-state index contributed by atoms with van der Waals surface area (Å²) >= 11 is 0. The third kappa shape index (κ3) is 2.58. The smallest absolute Gasteiger partial charge is 0.245 e. The Bertz CT molecular complexity index is 821. The number of benzene rings is 2. The van der Waals surface area contributed by atoms with Crippen LogP contribution in [-0.2, 0) is 9.84 Å². The number of nitrogens with one attached hydrogen (secondary N) is 1. The number of hydrogen-bond acceptors (Lipinski definition) is 5. The van der Waals surface area contributed by atoms with Gasteiger partial charge in [-0.25, -0.2) is 13.5 Å². The molecule has 0 aliphatic carbocycles. The number of anilines is 1. The minimum Gasteiger partial charge on any atom is -0.366 e. The highest BCUT2D eigenvalue weighted by molar-refractivity contribution is 7.91. The standard InChI is InChI=1S/C15H14N4O2S/c16-14-17-15(19-18-14)22(20,21)13(11-7-3-1-4-8-11)12-9-5-2-6-10-12/h1-10,13H,(H3,16,17,18,19). The molecule has 0 radical (unpaired) electrons. The number of aromatic amines is 1. The first-order valence-corrected chi connectivity index (χ1v) is 8.15. The predicted molar refractivity (Wildman–Crippen MR) is 82.7 cm³/mol. The number of nitrogens with zero attached hydrogens (tertiary/aromatic N) is 2. The van der Waals surface area contributed by atoms with Crippen LogP contribution in [0, 0.1) is 0 Å². The zero-order valence-corrected chi connectivity index (χ0v) is 12.4. The van der Waals surface area contributed by atoms with Crippen molar-refractivity contribution in [3.05, 3.63) is 71.8 Å². The van der Waals surface area contributed by atoms with Crippen molar-refractivity contribution >= 4 is 15.8 Å². The molecule has 7 heteroatoms. The molecule has 1 heterocycles. The Labute approximate surface area is 127 Å². The Morgan fingerprint density at radius 2 is 1.41 bits per heavy atom. The van der Waals surface area contributed by atoms with Crippen molar-refractivity contribution in [2.24, 2.45) is 0 Å². The van der Waals surface area contributed by atoms with Crippen LogP contribution in [0.4, 0.5) is 5.95 Å². The van der Waals surface area contributed by atoms with Gasteiger partial charge in [-0.2, -0.15) is 4.98 Å². The van der Waals surface area contributed by atoms with E-state index in [1.807, 2.05) is 12.1 Å². The molecule has 0 aliphatic rings. The van der Waals surface area contributed by atoms with E-state index in [1.54, 1.807) is 48.5 Å². The summed E-state index contributed by atoms with van der Waals surface area (Å²) < 4.78 is 25.9. The van der Waals surface area contributed by atoms with E-state index >= 15 is 0 Å². The number of hydrogen-bond donors (Lipinski definition) is 2. The molecule has 3 N–H and O–H groups in total. The van der Waals surface area contributed by atoms with Crippen LogP contribution in [0.25, 0.3) is 0 Å². The zero-order chi connectivity index (χ0) is 15.6. The Morgan fingerprint density at radius 1 is 0.909 bits per heavy atom. The van der Waals surface area contributed by atoms with E-state index in [2.05, 4.69) is 15.2 Å². The van der Waals surface area contributed by atoms with E-state index in [0.29, 0.717) is 11.1 Å². The van der Waals surface area contributed by atoms with Gasteiger partial charge in [-0.05, 0) is 11.1 Å². The lowest BCUT2D eigenvalue weighted by atomic mass is 10.0. The second kappa shape index (κ2) is 5.61. The molecule has 112 valence electrons. The molecular weight excluding hydrogens is 300 g/mol. The van der Waals surface area contributed by atoms with E-state index in [4.69, 9.17) is 5.73 Å². The molecule has 22 heavy (non-hydrogen) atoms. The number of rotatable bonds is 4. The average Bonchev–Trinajstić information content (AvgIpc) is 2.97. The van der Waals surface area contributed by atoms with Crippen molar-refractivity contribution in [3.8, 4) is 0 Å². The molecule has 0 spiro atoms. The predicted octanol–water partition coefficient (Wildman–Crippen LogP) is 1.95. The molecule has 0 aliphatic heterocycles. The summed E-state index contributed by atoms with van der Waals surface area (Å²) in [5.74, 6) is -0.0987. The van der Waals surface area contributed by atoms with Crippen LogP contribution < -0.4 is 5.73 Å². The van der Waals surface area contributed by atoms with E-state index in [1.165, 1.54) is 0 Å². The molecule has 0 saturated heterocycles. The summed E-state index contributed by atoms with van der Waals surface area (Å²) in [6.45, 7) is 0. The summed E-state index contributed by atoms with van der Waals surface area (Å²) in [6, 6.07) is 18.0. The fraction of sp³-hybridized carbons (Fsp3) is 0.0667. The molecule has 0 amide bonds. The van der Waals surface area contributed by atoms with Gasteiger partial charge in [-0.1, -0.05) is 60.7 Å². The molecule has 1 aromatic heterocycles. The Balaban J connectivity index is 2.18. The van der Waals surface area contributed by atoms with Crippen LogP contribution in [0.2, 0.25) is 0 Å². The summed E-state index contributed by atoms with van der Waals surface area (Å²) in [7, 11) is -3.80. The second-order valence-electron chi connectivity index (χ2n) is 4.75. The van der Waals surface area contributed by atoms with Crippen LogP contribution in [0.5, 0.6) is 0 Å². The summed E-state index contributed by atoms with van der Waals surface area (Å²) in [4.78, 5) is 3.78. The van der Waals surface area contributed by atoms with E-state index < -0.39 is 15.1 Å². The van der Waals surface area contributed by atoms with E-state index in [-0.39, 0.29) is 11.1 Å². The Kier molecular flexibility index (Phi) is 3.64. The van der Waals surface area contributed by atoms with Crippen LogP contribution in [-0.4, -0.2) is 23.6 Å². The maximum absolute atomic E-state index is 13.0. The monoisotopic (exact) mass is 314 g/mol. The summed E-state index contributed by atoms with van der Waals surface area (Å²) in [5, 5.41) is 4.90. The van der Waals surface area contributed by atoms with Gasteiger partial charge >= 0.3 is 0 Å². The largest absolute Gasteiger partial charge is 0.366 e. The van der Waals surface area contributed by atoms with Crippen molar-refractivity contribution in [2.45, 2.75) is 10.4 Å². The van der Waals surface area contributed by atoms with Crippen LogP contribution >= 0.6 is 0 Å². The van der Waals surface area contributed by atoms with Gasteiger partial charge in [0, 0.05) is 0 Å². The second-order valence-corrected chi connectivity index (χ2v) is 6.69. The van der Waals surface area contributed by atoms with Gasteiger partial charge in [-0.3, -0.25) is 0 Å². The fourth-order valence-electron chi connectivity index (χ4n) is 2.30. The highest BCUT2D eigenvalue weighted by Gasteiger charge is 2.33. The average molecular weight is 314 g/mol. The number of nitrogens with two attached hydrogens (primary N) is 1. The maximum Gasteiger partial charge on any atom is 0.245 e. The van der Waals surface area contributed by atoms with Crippen molar-refractivity contribution in [1.82, 2.24) is 15.2 Å². The molecule has 2 aromatic carbocycles. The van der Waals surface area contributed by atoms with Crippen molar-refractivity contribution < 1.29 is 8.42 Å². The third-order valence-electron chi connectivity index (χ3n) is 3.27. The van der Waals surface area contributed by atoms with Gasteiger partial charge in [-0.15, -0.1) is 5.10 Å². The summed E-state index contributed by atoms with van der Waals surface area (Å²) in [6.07, 6.45) is 0. The van der Waals surface area contributed by atoms with Crippen molar-refractivity contribution in [3.63, 3.8) is 0 Å². The zero-order valence-electron chi connectivity index (χ0n) is 11.5. The first-order valence-electron chi connectivity index (χ1n) is 6.60. The Hall–Kier alpha value is -2.67. The van der Waals surface area contributed by atoms with Gasteiger partial charge in [0.2, 0.25) is 20.9 Å². The molecular formula is C15H14N4O2S. The molecule has 0 fully saturated rings. The number of nitrogen functional groups attached to an aromatic ring is 1. The van der Waals surface area contributed by atoms with Crippen molar-refractivity contribution in [2.75, 3.05) is 5.73 Å². The van der Waals surface area contributed by atoms with Crippen molar-refractivity contribution in [1.29, 1.82) is 0 Å². The first kappa shape index (κ1) is 14.3. The minimum atomic E-state index is -3.80. The Morgan fingerprint density at radius 3 is 1.82 bits per heavy atom. The lowest BCUT2D eigenvalue weighted by Crippen LogP contribution is -2.16. The molecule has 0 bridgehead atoms. The lowest BCUT2D eigenvalue weighted by molar-refractivity contribution is 0.580. The number of sulfone groups is 1. The minimum absolute atomic E-state index is 0.0987. The topological polar surface area (TPSA) is 102 Å². The SMILES string of the molecule is Nc1n[nH]c(S(=O)(=O)C(c2ccccc2)c2ccccc2)n1. The highest BCUT2D eigenvalue weighted by atomic mass is 32.2. The van der Waals surface area contributed by atoms with Gasteiger partial charge in [0.15, 0.2) is 0 Å². The lowest BCUT2D eigenvalue weighted by Gasteiger charge is -2.17. The molecule has 3 aromatic rings. The molecule has 6 nitrogen and oxygen atoms in total. The highest BCUT2D eigenvalue weighted by Crippen LogP contribution is 2.33. The van der Waals surface area contributed by atoms with Gasteiger partial charge in [0.1, 0.15) is 5.25 Å².